The van der Waals surface area contributed by atoms with E-state index in [9.17, 15) is 4.79 Å². The Balaban J connectivity index is 1.58. The highest BCUT2D eigenvalue weighted by molar-refractivity contribution is 6.11. The van der Waals surface area contributed by atoms with Crippen LogP contribution >= 0.6 is 0 Å². The Kier molecular flexibility index (Phi) is 5.22. The Labute approximate surface area is 166 Å². The Hall–Kier alpha value is -3.71. The molecule has 1 amide bonds. The van der Waals surface area contributed by atoms with Gasteiger partial charge in [0.15, 0.2) is 11.5 Å². The average Bonchev–Trinajstić information content (AvgIpc) is 3.05. The molecule has 1 aliphatic rings. The molecule has 0 spiro atoms. The van der Waals surface area contributed by atoms with E-state index in [-0.39, 0.29) is 23.9 Å². The lowest BCUT2D eigenvalue weighted by molar-refractivity contribution is 0.102. The third kappa shape index (κ3) is 3.95. The molecule has 148 valence electrons. The lowest BCUT2D eigenvalue weighted by atomic mass is 10.1. The molecule has 4 N–H and O–H groups in total. The van der Waals surface area contributed by atoms with Gasteiger partial charge in [-0.2, -0.15) is 5.26 Å². The Morgan fingerprint density at radius 1 is 1.48 bits per heavy atom. The van der Waals surface area contributed by atoms with Gasteiger partial charge >= 0.3 is 0 Å². The molecule has 1 atom stereocenters. The summed E-state index contributed by atoms with van der Waals surface area (Å²) < 4.78 is 7.46. The summed E-state index contributed by atoms with van der Waals surface area (Å²) in [6.07, 6.45) is 8.51. The summed E-state index contributed by atoms with van der Waals surface area (Å²) in [6, 6.07) is 3.77. The summed E-state index contributed by atoms with van der Waals surface area (Å²) in [5, 5.41) is 19.1. The number of aromatic nitrogens is 4. The molecule has 10 heteroatoms. The number of amides is 1. The summed E-state index contributed by atoms with van der Waals surface area (Å²) in [5.74, 6) is 0.131. The van der Waals surface area contributed by atoms with Crippen molar-refractivity contribution in [2.75, 3.05) is 24.1 Å². The van der Waals surface area contributed by atoms with Crippen LogP contribution in [0.2, 0.25) is 0 Å². The number of carbonyl (C=O) groups is 1. The molecule has 10 nitrogen and oxygen atoms in total. The number of anilines is 2. The minimum atomic E-state index is -0.461. The van der Waals surface area contributed by atoms with Crippen LogP contribution in [0.5, 0.6) is 5.75 Å². The number of nitriles is 1. The van der Waals surface area contributed by atoms with Crippen molar-refractivity contribution in [1.29, 1.82) is 5.26 Å². The van der Waals surface area contributed by atoms with Gasteiger partial charge in [-0.1, -0.05) is 0 Å². The first-order chi connectivity index (χ1) is 14.2. The molecule has 1 fully saturated rings. The van der Waals surface area contributed by atoms with Gasteiger partial charge in [0.1, 0.15) is 23.1 Å². The number of hydrogen-bond acceptors (Lipinski definition) is 8. The molecule has 0 bridgehead atoms. The fraction of sp³-hybridized carbons (Fsp3) is 0.316. The van der Waals surface area contributed by atoms with E-state index in [0.29, 0.717) is 22.6 Å². The Morgan fingerprint density at radius 3 is 3.17 bits per heavy atom. The highest BCUT2D eigenvalue weighted by Crippen LogP contribution is 2.27. The van der Waals surface area contributed by atoms with E-state index in [1.807, 2.05) is 6.07 Å². The number of nitrogens with two attached hydrogens (primary N) is 1. The van der Waals surface area contributed by atoms with Gasteiger partial charge in [0, 0.05) is 36.8 Å². The molecule has 0 saturated carbocycles. The molecule has 1 saturated heterocycles. The van der Waals surface area contributed by atoms with Crippen molar-refractivity contribution in [3.8, 4) is 11.8 Å². The van der Waals surface area contributed by atoms with Crippen LogP contribution in [-0.4, -0.2) is 44.7 Å². The number of piperidine rings is 1. The maximum Gasteiger partial charge on any atom is 0.263 e. The minimum Gasteiger partial charge on any atom is -0.487 e. The van der Waals surface area contributed by atoms with Crippen LogP contribution < -0.4 is 21.1 Å². The first-order valence-electron chi connectivity index (χ1n) is 9.28. The zero-order valence-electron chi connectivity index (χ0n) is 15.6. The van der Waals surface area contributed by atoms with Gasteiger partial charge in [0.2, 0.25) is 0 Å². The fourth-order valence-corrected chi connectivity index (χ4v) is 3.25. The van der Waals surface area contributed by atoms with Crippen molar-refractivity contribution in [3.05, 3.63) is 42.0 Å². The monoisotopic (exact) mass is 392 g/mol. The van der Waals surface area contributed by atoms with Crippen molar-refractivity contribution in [1.82, 2.24) is 24.9 Å². The number of rotatable bonds is 5. The van der Waals surface area contributed by atoms with Crippen LogP contribution in [0, 0.1) is 11.3 Å². The SMILES string of the molecule is N#CCc1cnc2c(C(=O)Nc3cnccc3O[C@@H]3CCCNC3)c(N)nn2c1. The Bertz CT molecular complexity index is 1080. The summed E-state index contributed by atoms with van der Waals surface area (Å²) in [6.45, 7) is 1.74. The second-order valence-electron chi connectivity index (χ2n) is 6.74. The number of ether oxygens (including phenoxy) is 1. The molecule has 3 aromatic heterocycles. The van der Waals surface area contributed by atoms with Crippen molar-refractivity contribution in [2.24, 2.45) is 0 Å². The zero-order valence-corrected chi connectivity index (χ0v) is 15.6. The molecule has 4 heterocycles. The molecule has 4 rings (SSSR count). The highest BCUT2D eigenvalue weighted by Gasteiger charge is 2.22. The molecule has 1 aliphatic heterocycles. The number of fused-ring (bicyclic) bond motifs is 1. The molecule has 0 aliphatic carbocycles. The average molecular weight is 392 g/mol. The van der Waals surface area contributed by atoms with E-state index in [1.54, 1.807) is 18.5 Å². The van der Waals surface area contributed by atoms with Gasteiger partial charge in [-0.3, -0.25) is 9.78 Å². The summed E-state index contributed by atoms with van der Waals surface area (Å²) in [5.41, 5.74) is 7.56. The molecule has 0 radical (unpaired) electrons. The van der Waals surface area contributed by atoms with E-state index in [4.69, 9.17) is 15.7 Å². The van der Waals surface area contributed by atoms with Crippen LogP contribution in [0.15, 0.2) is 30.9 Å². The molecular weight excluding hydrogens is 372 g/mol. The quantitative estimate of drug-likeness (QED) is 0.587. The smallest absolute Gasteiger partial charge is 0.263 e. The third-order valence-corrected chi connectivity index (χ3v) is 4.64. The topological polar surface area (TPSA) is 143 Å². The number of nitrogens with one attached hydrogen (secondary N) is 2. The number of pyridine rings is 1. The van der Waals surface area contributed by atoms with Crippen molar-refractivity contribution in [3.63, 3.8) is 0 Å². The van der Waals surface area contributed by atoms with E-state index in [2.05, 4.69) is 25.7 Å². The summed E-state index contributed by atoms with van der Waals surface area (Å²) in [7, 11) is 0. The van der Waals surface area contributed by atoms with Crippen molar-refractivity contribution in [2.45, 2.75) is 25.4 Å². The summed E-state index contributed by atoms with van der Waals surface area (Å²) >= 11 is 0. The standard InChI is InChI=1S/C19H20N8O2/c20-5-3-12-8-24-18-16(17(21)26-27(18)11-12)19(28)25-14-10-23-7-4-15(14)29-13-2-1-6-22-9-13/h4,7-8,10-11,13,22H,1-3,6,9H2,(H2,21,26)(H,25,28)/t13-/m1/s1. The van der Waals surface area contributed by atoms with E-state index >= 15 is 0 Å². The van der Waals surface area contributed by atoms with Gasteiger partial charge in [0.25, 0.3) is 5.91 Å². The van der Waals surface area contributed by atoms with Gasteiger partial charge in [-0.05, 0) is 19.4 Å². The second-order valence-corrected chi connectivity index (χ2v) is 6.74. The van der Waals surface area contributed by atoms with E-state index < -0.39 is 5.91 Å². The van der Waals surface area contributed by atoms with Gasteiger partial charge in [-0.25, -0.2) is 9.50 Å². The lowest BCUT2D eigenvalue weighted by Crippen LogP contribution is -2.37. The highest BCUT2D eigenvalue weighted by atomic mass is 16.5. The van der Waals surface area contributed by atoms with Gasteiger partial charge < -0.3 is 21.1 Å². The van der Waals surface area contributed by atoms with Crippen LogP contribution in [0.3, 0.4) is 0 Å². The van der Waals surface area contributed by atoms with E-state index in [1.165, 1.54) is 16.9 Å². The Morgan fingerprint density at radius 2 is 2.38 bits per heavy atom. The number of carbonyl (C=O) groups excluding carboxylic acids is 1. The predicted octanol–water partition coefficient (Wildman–Crippen LogP) is 1.16. The second kappa shape index (κ2) is 8.12. The number of nitrogens with zero attached hydrogens (tertiary/aromatic N) is 5. The zero-order chi connectivity index (χ0) is 20.2. The molecule has 29 heavy (non-hydrogen) atoms. The van der Waals surface area contributed by atoms with Crippen LogP contribution in [-0.2, 0) is 6.42 Å². The minimum absolute atomic E-state index is 0.0315. The first kappa shape index (κ1) is 18.6. The first-order valence-corrected chi connectivity index (χ1v) is 9.28. The number of nitrogen functional groups attached to an aromatic ring is 1. The molecule has 3 aromatic rings. The maximum atomic E-state index is 12.9. The summed E-state index contributed by atoms with van der Waals surface area (Å²) in [4.78, 5) is 21.3. The van der Waals surface area contributed by atoms with Crippen LogP contribution in [0.4, 0.5) is 11.5 Å². The predicted molar refractivity (Wildman–Crippen MR) is 105 cm³/mol. The normalized spacial score (nSPS) is 16.3. The maximum absolute atomic E-state index is 12.9. The molecule has 0 aromatic carbocycles. The van der Waals surface area contributed by atoms with Crippen LogP contribution in [0.25, 0.3) is 5.65 Å². The van der Waals surface area contributed by atoms with E-state index in [0.717, 1.165) is 25.9 Å². The van der Waals surface area contributed by atoms with Gasteiger partial charge in [-0.15, -0.1) is 5.10 Å². The van der Waals surface area contributed by atoms with Crippen molar-refractivity contribution >= 4 is 23.1 Å². The third-order valence-electron chi connectivity index (χ3n) is 4.64. The van der Waals surface area contributed by atoms with Crippen LogP contribution in [0.1, 0.15) is 28.8 Å². The molecular formula is C19H20N8O2. The van der Waals surface area contributed by atoms with Crippen molar-refractivity contribution < 1.29 is 9.53 Å². The van der Waals surface area contributed by atoms with Gasteiger partial charge in [0.05, 0.1) is 18.7 Å². The molecule has 0 unspecified atom stereocenters. The lowest BCUT2D eigenvalue weighted by Gasteiger charge is -2.24. The fourth-order valence-electron chi connectivity index (χ4n) is 3.25. The number of hydrogen-bond donors (Lipinski definition) is 3. The largest absolute Gasteiger partial charge is 0.487 e.